The van der Waals surface area contributed by atoms with E-state index in [-0.39, 0.29) is 18.0 Å². The lowest BCUT2D eigenvalue weighted by Gasteiger charge is -2.05. The highest BCUT2D eigenvalue weighted by Gasteiger charge is 2.23. The highest BCUT2D eigenvalue weighted by molar-refractivity contribution is 7.98. The van der Waals surface area contributed by atoms with Gasteiger partial charge in [-0.05, 0) is 37.8 Å². The van der Waals surface area contributed by atoms with E-state index in [2.05, 4.69) is 20.8 Å². The average molecular weight is 304 g/mol. The van der Waals surface area contributed by atoms with E-state index < -0.39 is 0 Å². The Morgan fingerprint density at radius 3 is 3.05 bits per heavy atom. The van der Waals surface area contributed by atoms with Gasteiger partial charge in [0, 0.05) is 4.90 Å². The molecule has 6 nitrogen and oxygen atoms in total. The summed E-state index contributed by atoms with van der Waals surface area (Å²) >= 11 is 1.52. The third kappa shape index (κ3) is 3.08. The zero-order chi connectivity index (χ0) is 14.7. The summed E-state index contributed by atoms with van der Waals surface area (Å²) in [5.41, 5.74) is 0.601. The molecule has 1 aliphatic heterocycles. The minimum absolute atomic E-state index is 0.0987. The van der Waals surface area contributed by atoms with Crippen molar-refractivity contribution in [2.24, 2.45) is 0 Å². The fourth-order valence-corrected chi connectivity index (χ4v) is 2.91. The van der Waals surface area contributed by atoms with Crippen LogP contribution in [-0.2, 0) is 0 Å². The van der Waals surface area contributed by atoms with Crippen molar-refractivity contribution in [1.29, 1.82) is 0 Å². The first-order chi connectivity index (χ1) is 10.3. The molecule has 3 rings (SSSR count). The molecule has 1 aliphatic rings. The van der Waals surface area contributed by atoms with E-state index in [4.69, 9.17) is 4.42 Å². The topological polar surface area (TPSA) is 80.0 Å². The molecule has 2 N–H and O–H groups in total. The van der Waals surface area contributed by atoms with Gasteiger partial charge in [0.05, 0.1) is 11.6 Å². The van der Waals surface area contributed by atoms with Gasteiger partial charge in [-0.1, -0.05) is 17.2 Å². The summed E-state index contributed by atoms with van der Waals surface area (Å²) in [4.78, 5) is 13.2. The summed E-state index contributed by atoms with van der Waals surface area (Å²) in [7, 11) is 0. The largest absolute Gasteiger partial charge is 0.406 e. The molecule has 2 aromatic rings. The van der Waals surface area contributed by atoms with Crippen molar-refractivity contribution in [3.8, 4) is 0 Å². The van der Waals surface area contributed by atoms with Crippen molar-refractivity contribution < 1.29 is 9.21 Å². The zero-order valence-corrected chi connectivity index (χ0v) is 12.4. The molecule has 21 heavy (non-hydrogen) atoms. The van der Waals surface area contributed by atoms with Crippen LogP contribution in [0.25, 0.3) is 0 Å². The van der Waals surface area contributed by atoms with E-state index >= 15 is 0 Å². The highest BCUT2D eigenvalue weighted by Crippen LogP contribution is 2.24. The summed E-state index contributed by atoms with van der Waals surface area (Å²) < 4.78 is 5.51. The van der Waals surface area contributed by atoms with Crippen molar-refractivity contribution >= 4 is 23.7 Å². The zero-order valence-electron chi connectivity index (χ0n) is 11.6. The minimum Gasteiger partial charge on any atom is -0.406 e. The second-order valence-electron chi connectivity index (χ2n) is 4.75. The van der Waals surface area contributed by atoms with Crippen LogP contribution in [0, 0.1) is 0 Å². The number of carbonyl (C=O) groups excluding carboxylic acids is 1. The van der Waals surface area contributed by atoms with E-state index in [1.54, 1.807) is 6.07 Å². The molecule has 1 unspecified atom stereocenters. The second kappa shape index (κ2) is 6.28. The molecule has 0 aliphatic carbocycles. The third-order valence-electron chi connectivity index (χ3n) is 3.37. The fourth-order valence-electron chi connectivity index (χ4n) is 2.32. The molecular formula is C14H16N4O2S. The minimum atomic E-state index is -0.241. The number of hydrogen-bond donors (Lipinski definition) is 2. The van der Waals surface area contributed by atoms with Gasteiger partial charge in [0.15, 0.2) is 0 Å². The molecule has 1 saturated heterocycles. The van der Waals surface area contributed by atoms with E-state index in [0.29, 0.717) is 11.5 Å². The molecule has 2 heterocycles. The molecule has 0 bridgehead atoms. The number of benzene rings is 1. The highest BCUT2D eigenvalue weighted by atomic mass is 32.2. The van der Waals surface area contributed by atoms with Gasteiger partial charge in [0.25, 0.3) is 5.91 Å². The normalized spacial score (nSPS) is 17.9. The summed E-state index contributed by atoms with van der Waals surface area (Å²) in [6.07, 6.45) is 4.00. The number of amides is 1. The molecule has 1 fully saturated rings. The Bertz CT molecular complexity index is 637. The summed E-state index contributed by atoms with van der Waals surface area (Å²) in [6, 6.07) is 7.65. The van der Waals surface area contributed by atoms with Crippen LogP contribution in [0.1, 0.15) is 35.1 Å². The van der Waals surface area contributed by atoms with E-state index in [1.165, 1.54) is 11.8 Å². The van der Waals surface area contributed by atoms with E-state index in [0.717, 1.165) is 24.3 Å². The van der Waals surface area contributed by atoms with E-state index in [1.807, 2.05) is 24.5 Å². The van der Waals surface area contributed by atoms with E-state index in [9.17, 15) is 4.79 Å². The quantitative estimate of drug-likeness (QED) is 0.845. The number of nitrogens with one attached hydrogen (secondary N) is 2. The lowest BCUT2D eigenvalue weighted by Crippen LogP contribution is -2.13. The maximum Gasteiger partial charge on any atom is 0.322 e. The molecule has 0 radical (unpaired) electrons. The van der Waals surface area contributed by atoms with Crippen LogP contribution in [0.4, 0.5) is 6.01 Å². The maximum atomic E-state index is 12.3. The SMILES string of the molecule is CSc1ccccc1C(=O)Nc1nnc(C2CCCN2)o1. The standard InChI is InChI=1S/C14H16N4O2S/c1-21-11-7-3-2-5-9(11)12(19)16-14-18-17-13(20-14)10-6-4-8-15-10/h2-3,5,7,10,15H,4,6,8H2,1H3,(H,16,18,19). The monoisotopic (exact) mass is 304 g/mol. The molecule has 1 atom stereocenters. The van der Waals surface area contributed by atoms with Gasteiger partial charge in [-0.3, -0.25) is 10.1 Å². The molecule has 110 valence electrons. The first-order valence-electron chi connectivity index (χ1n) is 6.79. The van der Waals surface area contributed by atoms with Crippen molar-refractivity contribution in [3.05, 3.63) is 35.7 Å². The van der Waals surface area contributed by atoms with Gasteiger partial charge in [-0.2, -0.15) is 0 Å². The second-order valence-corrected chi connectivity index (χ2v) is 5.60. The summed E-state index contributed by atoms with van der Waals surface area (Å²) in [5.74, 6) is 0.287. The van der Waals surface area contributed by atoms with Crippen molar-refractivity contribution in [1.82, 2.24) is 15.5 Å². The molecule has 0 saturated carbocycles. The number of aromatic nitrogens is 2. The predicted octanol–water partition coefficient (Wildman–Crippen LogP) is 2.47. The summed E-state index contributed by atoms with van der Waals surface area (Å²) in [5, 5.41) is 13.8. The lowest BCUT2D eigenvalue weighted by atomic mass is 10.2. The van der Waals surface area contributed by atoms with Gasteiger partial charge in [-0.15, -0.1) is 16.9 Å². The molecule has 0 spiro atoms. The Morgan fingerprint density at radius 2 is 2.29 bits per heavy atom. The number of carbonyl (C=O) groups is 1. The van der Waals surface area contributed by atoms with Crippen molar-refractivity contribution in [3.63, 3.8) is 0 Å². The van der Waals surface area contributed by atoms with Crippen LogP contribution < -0.4 is 10.6 Å². The Morgan fingerprint density at radius 1 is 1.43 bits per heavy atom. The molecule has 1 amide bonds. The number of hydrogen-bond acceptors (Lipinski definition) is 6. The van der Waals surface area contributed by atoms with Crippen LogP contribution in [0.5, 0.6) is 0 Å². The smallest absolute Gasteiger partial charge is 0.322 e. The third-order valence-corrected chi connectivity index (χ3v) is 4.17. The van der Waals surface area contributed by atoms with Crippen LogP contribution in [0.15, 0.2) is 33.6 Å². The van der Waals surface area contributed by atoms with Crippen LogP contribution in [0.2, 0.25) is 0 Å². The fraction of sp³-hybridized carbons (Fsp3) is 0.357. The molecule has 7 heteroatoms. The Balaban J connectivity index is 1.72. The van der Waals surface area contributed by atoms with Gasteiger partial charge >= 0.3 is 6.01 Å². The first-order valence-corrected chi connectivity index (χ1v) is 8.01. The number of thioether (sulfide) groups is 1. The van der Waals surface area contributed by atoms with Crippen LogP contribution >= 0.6 is 11.8 Å². The van der Waals surface area contributed by atoms with Gasteiger partial charge < -0.3 is 9.73 Å². The van der Waals surface area contributed by atoms with Crippen LogP contribution in [-0.4, -0.2) is 28.9 Å². The van der Waals surface area contributed by atoms with Crippen LogP contribution in [0.3, 0.4) is 0 Å². The van der Waals surface area contributed by atoms with Crippen molar-refractivity contribution in [2.45, 2.75) is 23.8 Å². The molecule has 1 aromatic heterocycles. The number of rotatable bonds is 4. The Hall–Kier alpha value is -1.86. The molecule has 1 aromatic carbocycles. The maximum absolute atomic E-state index is 12.3. The lowest BCUT2D eigenvalue weighted by molar-refractivity contribution is 0.102. The summed E-state index contributed by atoms with van der Waals surface area (Å²) in [6.45, 7) is 0.954. The Kier molecular flexibility index (Phi) is 4.21. The van der Waals surface area contributed by atoms with Crippen molar-refractivity contribution in [2.75, 3.05) is 18.1 Å². The number of nitrogens with zero attached hydrogens (tertiary/aromatic N) is 2. The van der Waals surface area contributed by atoms with Gasteiger partial charge in [0.2, 0.25) is 5.89 Å². The predicted molar refractivity (Wildman–Crippen MR) is 80.5 cm³/mol. The van der Waals surface area contributed by atoms with Gasteiger partial charge in [-0.25, -0.2) is 0 Å². The Labute approximate surface area is 126 Å². The number of anilines is 1. The molecular weight excluding hydrogens is 288 g/mol. The average Bonchev–Trinajstić information content (AvgIpc) is 3.17. The first kappa shape index (κ1) is 14.1. The van der Waals surface area contributed by atoms with Gasteiger partial charge in [0.1, 0.15) is 0 Å².